The molecule has 2 aromatic carbocycles. The monoisotopic (exact) mass is 446 g/mol. The summed E-state index contributed by atoms with van der Waals surface area (Å²) in [6, 6.07) is 7.27. The van der Waals surface area contributed by atoms with E-state index in [-0.39, 0.29) is 28.3 Å². The second-order valence-electron chi connectivity index (χ2n) is 7.59. The van der Waals surface area contributed by atoms with Crippen LogP contribution in [0, 0.1) is 13.8 Å². The average molecular weight is 446 g/mol. The molecule has 0 unspecified atom stereocenters. The van der Waals surface area contributed by atoms with Crippen LogP contribution >= 0.6 is 0 Å². The quantitative estimate of drug-likeness (QED) is 0.417. The van der Waals surface area contributed by atoms with Gasteiger partial charge in [-0.15, -0.1) is 0 Å². The lowest BCUT2D eigenvalue weighted by Gasteiger charge is -2.26. The van der Waals surface area contributed by atoms with Gasteiger partial charge < -0.3 is 24.7 Å². The minimum absolute atomic E-state index is 0.0854. The standard InChI is InChI=1S/C21H22N2O7S/c1-11-8-16-15(10-19(22-16)30-21(25)26)12(2)20(11)29-14-6-7-17(24)18(9-14)31(27,28)23-13-4-3-5-13/h6-10,13,22-24H,3-5H2,1-2H3,(H,25,26). The van der Waals surface area contributed by atoms with E-state index in [2.05, 4.69) is 14.4 Å². The third-order valence-electron chi connectivity index (χ3n) is 5.35. The number of sulfonamides is 1. The van der Waals surface area contributed by atoms with Crippen LogP contribution in [0.3, 0.4) is 0 Å². The highest BCUT2D eigenvalue weighted by atomic mass is 32.2. The van der Waals surface area contributed by atoms with Gasteiger partial charge in [-0.25, -0.2) is 17.9 Å². The van der Waals surface area contributed by atoms with Gasteiger partial charge in [0.2, 0.25) is 15.9 Å². The molecule has 0 spiro atoms. The zero-order valence-electron chi connectivity index (χ0n) is 16.9. The molecular weight excluding hydrogens is 424 g/mol. The number of benzene rings is 2. The summed E-state index contributed by atoms with van der Waals surface area (Å²) in [4.78, 5) is 13.4. The Labute approximate surface area is 178 Å². The second-order valence-corrected chi connectivity index (χ2v) is 9.27. The summed E-state index contributed by atoms with van der Waals surface area (Å²) >= 11 is 0. The Morgan fingerprint density at radius 2 is 1.94 bits per heavy atom. The Balaban J connectivity index is 1.68. The Kier molecular flexibility index (Phi) is 5.28. The summed E-state index contributed by atoms with van der Waals surface area (Å²) in [5.41, 5.74) is 2.15. The first-order valence-corrected chi connectivity index (χ1v) is 11.2. The molecule has 0 bridgehead atoms. The maximum Gasteiger partial charge on any atom is 0.512 e. The number of aromatic nitrogens is 1. The Morgan fingerprint density at radius 3 is 2.58 bits per heavy atom. The first-order chi connectivity index (χ1) is 14.6. The van der Waals surface area contributed by atoms with E-state index in [0.717, 1.165) is 30.4 Å². The number of H-pyrrole nitrogens is 1. The fraction of sp³-hybridized carbons (Fsp3) is 0.286. The van der Waals surface area contributed by atoms with Gasteiger partial charge in [0.1, 0.15) is 22.1 Å². The van der Waals surface area contributed by atoms with Gasteiger partial charge in [0, 0.05) is 34.6 Å². The average Bonchev–Trinajstić information content (AvgIpc) is 3.04. The number of fused-ring (bicyclic) bond motifs is 1. The minimum atomic E-state index is -3.89. The van der Waals surface area contributed by atoms with Gasteiger partial charge in [-0.05, 0) is 50.5 Å². The Morgan fingerprint density at radius 1 is 1.19 bits per heavy atom. The zero-order valence-corrected chi connectivity index (χ0v) is 17.7. The number of phenols is 1. The molecule has 0 atom stereocenters. The van der Waals surface area contributed by atoms with Crippen molar-refractivity contribution >= 4 is 27.1 Å². The molecule has 9 nitrogen and oxygen atoms in total. The molecule has 1 saturated carbocycles. The SMILES string of the molecule is Cc1cc2[nH]c(OC(=O)O)cc2c(C)c1Oc1ccc(O)c(S(=O)(=O)NC2CCC2)c1. The number of hydrogen-bond donors (Lipinski definition) is 4. The molecule has 3 aromatic rings. The molecular formula is C21H22N2O7S. The number of ether oxygens (including phenoxy) is 2. The molecule has 4 rings (SSSR count). The molecule has 164 valence electrons. The van der Waals surface area contributed by atoms with Gasteiger partial charge in [-0.2, -0.15) is 0 Å². The van der Waals surface area contributed by atoms with Crippen molar-refractivity contribution in [2.45, 2.75) is 44.0 Å². The van der Waals surface area contributed by atoms with Crippen LogP contribution in [0.2, 0.25) is 0 Å². The molecule has 0 amide bonds. The van der Waals surface area contributed by atoms with Crippen molar-refractivity contribution in [2.75, 3.05) is 0 Å². The predicted molar refractivity (Wildman–Crippen MR) is 113 cm³/mol. The van der Waals surface area contributed by atoms with Gasteiger partial charge >= 0.3 is 6.16 Å². The van der Waals surface area contributed by atoms with Crippen LogP contribution in [0.4, 0.5) is 4.79 Å². The summed E-state index contributed by atoms with van der Waals surface area (Å²) in [5.74, 6) is 0.468. The molecule has 0 aliphatic heterocycles. The van der Waals surface area contributed by atoms with Crippen molar-refractivity contribution in [1.29, 1.82) is 0 Å². The van der Waals surface area contributed by atoms with E-state index in [1.165, 1.54) is 18.2 Å². The maximum atomic E-state index is 12.7. The number of phenolic OH excluding ortho intramolecular Hbond substituents is 1. The van der Waals surface area contributed by atoms with Crippen molar-refractivity contribution in [1.82, 2.24) is 9.71 Å². The van der Waals surface area contributed by atoms with Crippen LogP contribution in [-0.4, -0.2) is 35.8 Å². The minimum Gasteiger partial charge on any atom is -0.507 e. The number of aryl methyl sites for hydroxylation is 2. The van der Waals surface area contributed by atoms with E-state index < -0.39 is 16.2 Å². The lowest BCUT2D eigenvalue weighted by molar-refractivity contribution is 0.143. The molecule has 1 fully saturated rings. The Bertz CT molecular complexity index is 1280. The van der Waals surface area contributed by atoms with Crippen molar-refractivity contribution in [3.05, 3.63) is 41.5 Å². The highest BCUT2D eigenvalue weighted by molar-refractivity contribution is 7.89. The number of hydrogen-bond acceptors (Lipinski definition) is 6. The summed E-state index contributed by atoms with van der Waals surface area (Å²) in [7, 11) is -3.89. The number of carbonyl (C=O) groups is 1. The summed E-state index contributed by atoms with van der Waals surface area (Å²) in [5, 5.41) is 19.6. The maximum absolute atomic E-state index is 12.7. The van der Waals surface area contributed by atoms with E-state index >= 15 is 0 Å². The van der Waals surface area contributed by atoms with Crippen LogP contribution in [0.15, 0.2) is 35.2 Å². The first kappa shape index (κ1) is 21.0. The number of carboxylic acid groups (broad SMARTS) is 1. The highest BCUT2D eigenvalue weighted by Crippen LogP contribution is 2.38. The van der Waals surface area contributed by atoms with Crippen molar-refractivity contribution in [3.8, 4) is 23.1 Å². The molecule has 10 heteroatoms. The number of rotatable bonds is 6. The number of nitrogens with one attached hydrogen (secondary N) is 2. The fourth-order valence-electron chi connectivity index (χ4n) is 3.58. The van der Waals surface area contributed by atoms with E-state index in [1.807, 2.05) is 6.92 Å². The van der Waals surface area contributed by atoms with Crippen LogP contribution in [0.1, 0.15) is 30.4 Å². The molecule has 31 heavy (non-hydrogen) atoms. The molecule has 4 N–H and O–H groups in total. The van der Waals surface area contributed by atoms with Crippen LogP contribution in [0.25, 0.3) is 10.9 Å². The van der Waals surface area contributed by atoms with Crippen LogP contribution in [0.5, 0.6) is 23.1 Å². The summed E-state index contributed by atoms with van der Waals surface area (Å²) in [6.07, 6.45) is 1.10. The van der Waals surface area contributed by atoms with E-state index in [0.29, 0.717) is 16.7 Å². The van der Waals surface area contributed by atoms with Crippen LogP contribution in [-0.2, 0) is 10.0 Å². The molecule has 0 radical (unpaired) electrons. The summed E-state index contributed by atoms with van der Waals surface area (Å²) < 4.78 is 38.6. The lowest BCUT2D eigenvalue weighted by Crippen LogP contribution is -2.39. The first-order valence-electron chi connectivity index (χ1n) is 9.71. The van der Waals surface area contributed by atoms with Gasteiger partial charge in [0.05, 0.1) is 0 Å². The van der Waals surface area contributed by atoms with Crippen LogP contribution < -0.4 is 14.2 Å². The fourth-order valence-corrected chi connectivity index (χ4v) is 4.99. The highest BCUT2D eigenvalue weighted by Gasteiger charge is 2.27. The van der Waals surface area contributed by atoms with Gasteiger partial charge in [-0.3, -0.25) is 0 Å². The second kappa shape index (κ2) is 7.78. The number of aromatic hydroxyl groups is 1. The van der Waals surface area contributed by atoms with Crippen molar-refractivity contribution < 1.29 is 32.9 Å². The van der Waals surface area contributed by atoms with Gasteiger partial charge in [0.25, 0.3) is 0 Å². The zero-order chi connectivity index (χ0) is 22.3. The third kappa shape index (κ3) is 4.17. The third-order valence-corrected chi connectivity index (χ3v) is 6.90. The van der Waals surface area contributed by atoms with Crippen molar-refractivity contribution in [3.63, 3.8) is 0 Å². The molecule has 0 saturated heterocycles. The van der Waals surface area contributed by atoms with Gasteiger partial charge in [0.15, 0.2) is 0 Å². The van der Waals surface area contributed by atoms with Crippen molar-refractivity contribution in [2.24, 2.45) is 0 Å². The predicted octanol–water partition coefficient (Wildman–Crippen LogP) is 4.17. The smallest absolute Gasteiger partial charge is 0.507 e. The van der Waals surface area contributed by atoms with Gasteiger partial charge in [-0.1, -0.05) is 6.42 Å². The lowest BCUT2D eigenvalue weighted by atomic mass is 9.94. The molecule has 1 aromatic heterocycles. The normalized spacial score (nSPS) is 14.4. The largest absolute Gasteiger partial charge is 0.512 e. The van der Waals surface area contributed by atoms with E-state index in [4.69, 9.17) is 9.84 Å². The molecule has 1 heterocycles. The topological polar surface area (TPSA) is 138 Å². The Hall–Kier alpha value is -3.24. The molecule has 1 aliphatic rings. The summed E-state index contributed by atoms with van der Waals surface area (Å²) in [6.45, 7) is 3.62. The number of aromatic amines is 1. The van der Waals surface area contributed by atoms with E-state index in [9.17, 15) is 18.3 Å². The van der Waals surface area contributed by atoms with E-state index in [1.54, 1.807) is 19.1 Å². The molecule has 1 aliphatic carbocycles.